The highest BCUT2D eigenvalue weighted by atomic mass is 16.5. The number of carbonyl (C=O) groups is 1. The minimum atomic E-state index is -0.368. The lowest BCUT2D eigenvalue weighted by molar-refractivity contribution is -0.128. The van der Waals surface area contributed by atoms with Gasteiger partial charge in [-0.1, -0.05) is 39.0 Å². The number of nitrogens with zero attached hydrogens (tertiary/aromatic N) is 2. The summed E-state index contributed by atoms with van der Waals surface area (Å²) >= 11 is 0. The number of aliphatic imine (C=N–C) groups is 1. The van der Waals surface area contributed by atoms with Crippen LogP contribution in [0, 0.1) is 5.41 Å². The topological polar surface area (TPSA) is 66.0 Å². The second-order valence-electron chi connectivity index (χ2n) is 6.56. The molecule has 0 heterocycles. The fourth-order valence-electron chi connectivity index (χ4n) is 1.92. The number of likely N-dealkylation sites (N-methyl/N-ethyl adjacent to an activating group) is 1. The maximum Gasteiger partial charge on any atom is 0.225 e. The number of hydrogen-bond donors (Lipinski definition) is 2. The quantitative estimate of drug-likeness (QED) is 0.453. The predicted molar refractivity (Wildman–Crippen MR) is 98.4 cm³/mol. The van der Waals surface area contributed by atoms with Gasteiger partial charge in [-0.25, -0.2) is 0 Å². The van der Waals surface area contributed by atoms with Gasteiger partial charge < -0.3 is 20.3 Å². The second kappa shape index (κ2) is 9.80. The first kappa shape index (κ1) is 19.8. The zero-order chi connectivity index (χ0) is 18.0. The summed E-state index contributed by atoms with van der Waals surface area (Å²) in [7, 11) is 3.70. The second-order valence-corrected chi connectivity index (χ2v) is 6.56. The molecule has 6 heteroatoms. The summed E-state index contributed by atoms with van der Waals surface area (Å²) < 4.78 is 5.68. The summed E-state index contributed by atoms with van der Waals surface area (Å²) in [6, 6.07) is 9.73. The highest BCUT2D eigenvalue weighted by Gasteiger charge is 2.20. The highest BCUT2D eigenvalue weighted by molar-refractivity contribution is 5.81. The first-order chi connectivity index (χ1) is 11.3. The van der Waals surface area contributed by atoms with Crippen molar-refractivity contribution in [2.75, 3.05) is 40.3 Å². The average Bonchev–Trinajstić information content (AvgIpc) is 2.54. The summed E-state index contributed by atoms with van der Waals surface area (Å²) in [6.45, 7) is 8.16. The van der Waals surface area contributed by atoms with Gasteiger partial charge in [0.1, 0.15) is 12.4 Å². The van der Waals surface area contributed by atoms with E-state index < -0.39 is 0 Å². The Labute approximate surface area is 145 Å². The number of guanidine groups is 1. The normalized spacial score (nSPS) is 11.8. The summed E-state index contributed by atoms with van der Waals surface area (Å²) in [5.74, 6) is 1.68. The third-order valence-corrected chi connectivity index (χ3v) is 3.39. The maximum atomic E-state index is 11.8. The fraction of sp³-hybridized carbons (Fsp3) is 0.556. The molecule has 1 aromatic carbocycles. The van der Waals surface area contributed by atoms with Gasteiger partial charge in [-0.15, -0.1) is 0 Å². The van der Waals surface area contributed by atoms with Crippen LogP contribution in [-0.2, 0) is 4.79 Å². The monoisotopic (exact) mass is 334 g/mol. The van der Waals surface area contributed by atoms with Gasteiger partial charge in [0.25, 0.3) is 0 Å². The Morgan fingerprint density at radius 3 is 2.38 bits per heavy atom. The van der Waals surface area contributed by atoms with Crippen LogP contribution < -0.4 is 15.4 Å². The lowest BCUT2D eigenvalue weighted by Crippen LogP contribution is -2.45. The minimum absolute atomic E-state index is 0.0453. The van der Waals surface area contributed by atoms with Crippen LogP contribution in [0.1, 0.15) is 20.8 Å². The molecule has 0 unspecified atom stereocenters. The first-order valence-electron chi connectivity index (χ1n) is 8.22. The van der Waals surface area contributed by atoms with Gasteiger partial charge in [0.05, 0.1) is 6.54 Å². The number of para-hydroxylation sites is 1. The zero-order valence-corrected chi connectivity index (χ0v) is 15.4. The zero-order valence-electron chi connectivity index (χ0n) is 15.4. The van der Waals surface area contributed by atoms with Crippen molar-refractivity contribution in [2.45, 2.75) is 20.8 Å². The smallest absolute Gasteiger partial charge is 0.225 e. The van der Waals surface area contributed by atoms with E-state index in [1.54, 1.807) is 7.05 Å². The van der Waals surface area contributed by atoms with Crippen LogP contribution in [0.3, 0.4) is 0 Å². The van der Waals surface area contributed by atoms with Crippen LogP contribution in [-0.4, -0.2) is 57.1 Å². The molecule has 134 valence electrons. The van der Waals surface area contributed by atoms with E-state index in [2.05, 4.69) is 15.6 Å². The lowest BCUT2D eigenvalue weighted by atomic mass is 9.96. The fourth-order valence-corrected chi connectivity index (χ4v) is 1.92. The van der Waals surface area contributed by atoms with Gasteiger partial charge in [-0.2, -0.15) is 0 Å². The molecule has 0 atom stereocenters. The van der Waals surface area contributed by atoms with Crippen molar-refractivity contribution >= 4 is 11.9 Å². The number of carbonyl (C=O) groups excluding carboxylic acids is 1. The molecule has 1 aromatic rings. The minimum Gasteiger partial charge on any atom is -0.492 e. The first-order valence-corrected chi connectivity index (χ1v) is 8.22. The molecule has 0 bridgehead atoms. The molecule has 1 rings (SSSR count). The molecule has 6 nitrogen and oxygen atoms in total. The van der Waals surface area contributed by atoms with E-state index >= 15 is 0 Å². The Kier molecular flexibility index (Phi) is 8.09. The Morgan fingerprint density at radius 2 is 1.79 bits per heavy atom. The van der Waals surface area contributed by atoms with Crippen LogP contribution in [0.4, 0.5) is 0 Å². The van der Waals surface area contributed by atoms with E-state index in [1.807, 2.05) is 63.1 Å². The van der Waals surface area contributed by atoms with Crippen LogP contribution >= 0.6 is 0 Å². The summed E-state index contributed by atoms with van der Waals surface area (Å²) in [5.41, 5.74) is -0.368. The molecule has 1 amide bonds. The Balaban J connectivity index is 2.26. The summed E-state index contributed by atoms with van der Waals surface area (Å²) in [5, 5.41) is 6.14. The molecular formula is C18H30N4O2. The molecule has 0 saturated carbocycles. The van der Waals surface area contributed by atoms with Gasteiger partial charge >= 0.3 is 0 Å². The molecule has 0 fully saturated rings. The number of rotatable bonds is 7. The van der Waals surface area contributed by atoms with E-state index in [-0.39, 0.29) is 11.3 Å². The number of benzene rings is 1. The predicted octanol–water partition coefficient (Wildman–Crippen LogP) is 1.73. The summed E-state index contributed by atoms with van der Waals surface area (Å²) in [6.07, 6.45) is 0. The number of amides is 1. The van der Waals surface area contributed by atoms with Crippen LogP contribution in [0.5, 0.6) is 5.75 Å². The molecule has 0 aliphatic carbocycles. The van der Waals surface area contributed by atoms with Crippen molar-refractivity contribution in [3.05, 3.63) is 30.3 Å². The van der Waals surface area contributed by atoms with Crippen molar-refractivity contribution in [1.29, 1.82) is 0 Å². The average molecular weight is 334 g/mol. The van der Waals surface area contributed by atoms with Crippen LogP contribution in [0.25, 0.3) is 0 Å². The molecule has 24 heavy (non-hydrogen) atoms. The van der Waals surface area contributed by atoms with E-state index in [0.717, 1.165) is 11.7 Å². The number of hydrogen-bond acceptors (Lipinski definition) is 3. The van der Waals surface area contributed by atoms with Crippen molar-refractivity contribution in [2.24, 2.45) is 10.4 Å². The maximum absolute atomic E-state index is 11.8. The largest absolute Gasteiger partial charge is 0.492 e. The molecule has 0 aliphatic rings. The number of ether oxygens (including phenoxy) is 1. The third-order valence-electron chi connectivity index (χ3n) is 3.39. The molecule has 0 saturated heterocycles. The van der Waals surface area contributed by atoms with Crippen LogP contribution in [0.2, 0.25) is 0 Å². The molecule has 2 N–H and O–H groups in total. The van der Waals surface area contributed by atoms with Gasteiger partial charge in [0, 0.05) is 32.6 Å². The van der Waals surface area contributed by atoms with Crippen LogP contribution in [0.15, 0.2) is 35.3 Å². The molecule has 0 radical (unpaired) electrons. The molecule has 0 aromatic heterocycles. The van der Waals surface area contributed by atoms with Gasteiger partial charge in [-0.3, -0.25) is 9.79 Å². The van der Waals surface area contributed by atoms with Gasteiger partial charge in [0.2, 0.25) is 5.91 Å². The van der Waals surface area contributed by atoms with E-state index in [4.69, 9.17) is 4.74 Å². The Morgan fingerprint density at radius 1 is 1.17 bits per heavy atom. The SMILES string of the molecule is CN=C(NCCNC(=O)C(C)(C)C)N(C)CCOc1ccccc1. The van der Waals surface area contributed by atoms with Crippen molar-refractivity contribution in [3.8, 4) is 5.75 Å². The summed E-state index contributed by atoms with van der Waals surface area (Å²) in [4.78, 5) is 18.0. The highest BCUT2D eigenvalue weighted by Crippen LogP contribution is 2.11. The van der Waals surface area contributed by atoms with Crippen molar-refractivity contribution in [3.63, 3.8) is 0 Å². The molecule has 0 spiro atoms. The van der Waals surface area contributed by atoms with Crippen molar-refractivity contribution < 1.29 is 9.53 Å². The molecule has 0 aliphatic heterocycles. The Hall–Kier alpha value is -2.24. The standard InChI is InChI=1S/C18H30N4O2/c1-18(2,3)16(23)20-11-12-21-17(19-4)22(5)13-14-24-15-9-7-6-8-10-15/h6-10H,11-14H2,1-5H3,(H,19,21)(H,20,23). The van der Waals surface area contributed by atoms with Gasteiger partial charge in [0.15, 0.2) is 5.96 Å². The third kappa shape index (κ3) is 7.35. The molecular weight excluding hydrogens is 304 g/mol. The Bertz CT molecular complexity index is 524. The number of nitrogens with one attached hydrogen (secondary N) is 2. The lowest BCUT2D eigenvalue weighted by Gasteiger charge is -2.23. The van der Waals surface area contributed by atoms with E-state index in [1.165, 1.54) is 0 Å². The van der Waals surface area contributed by atoms with E-state index in [9.17, 15) is 4.79 Å². The van der Waals surface area contributed by atoms with Gasteiger partial charge in [-0.05, 0) is 12.1 Å². The van der Waals surface area contributed by atoms with E-state index in [0.29, 0.717) is 26.2 Å². The van der Waals surface area contributed by atoms with Crippen molar-refractivity contribution in [1.82, 2.24) is 15.5 Å².